The van der Waals surface area contributed by atoms with E-state index in [0.717, 1.165) is 12.2 Å². The molecule has 0 atom stereocenters. The summed E-state index contributed by atoms with van der Waals surface area (Å²) in [6.07, 6.45) is 2.28. The quantitative estimate of drug-likeness (QED) is 0.633. The first-order chi connectivity index (χ1) is 11.8. The second kappa shape index (κ2) is 8.17. The summed E-state index contributed by atoms with van der Waals surface area (Å²) >= 11 is 0. The zero-order chi connectivity index (χ0) is 18.4. The van der Waals surface area contributed by atoms with Crippen LogP contribution in [0.5, 0.6) is 0 Å². The summed E-state index contributed by atoms with van der Waals surface area (Å²) in [6.45, 7) is 11.4. The van der Waals surface area contributed by atoms with Crippen molar-refractivity contribution < 1.29 is 9.53 Å². The largest absolute Gasteiger partial charge is 0.444 e. The highest BCUT2D eigenvalue weighted by Crippen LogP contribution is 2.11. The Kier molecular flexibility index (Phi) is 6.22. The van der Waals surface area contributed by atoms with Crippen LogP contribution in [0.2, 0.25) is 0 Å². The Morgan fingerprint density at radius 2 is 1.92 bits per heavy atom. The summed E-state index contributed by atoms with van der Waals surface area (Å²) < 4.78 is 7.38. The number of ether oxygens (including phenoxy) is 1. The second-order valence-corrected chi connectivity index (χ2v) is 6.99. The lowest BCUT2D eigenvalue weighted by atomic mass is 10.2. The number of aromatic nitrogens is 3. The first-order valence-electron chi connectivity index (χ1n) is 8.69. The Morgan fingerprint density at radius 3 is 2.52 bits per heavy atom. The standard InChI is InChI=1S/C16H29N7O2/c1-5-13-20-19-12-23(13)7-6-18-14(17)21-8-10-22(11-9-21)15(24)25-16(2,3)4/h12H,5-11H2,1-4H3,(H2,17,18). The molecule has 1 aliphatic heterocycles. The van der Waals surface area contributed by atoms with Crippen LogP contribution < -0.4 is 5.73 Å². The van der Waals surface area contributed by atoms with Gasteiger partial charge in [0.25, 0.3) is 0 Å². The molecule has 9 heteroatoms. The van der Waals surface area contributed by atoms with E-state index >= 15 is 0 Å². The molecule has 0 bridgehead atoms. The van der Waals surface area contributed by atoms with E-state index in [-0.39, 0.29) is 6.09 Å². The van der Waals surface area contributed by atoms with Gasteiger partial charge in [-0.1, -0.05) is 6.92 Å². The highest BCUT2D eigenvalue weighted by Gasteiger charge is 2.26. The van der Waals surface area contributed by atoms with E-state index in [4.69, 9.17) is 10.5 Å². The molecule has 2 rings (SSSR count). The van der Waals surface area contributed by atoms with Crippen LogP contribution in [-0.4, -0.2) is 74.9 Å². The average molecular weight is 351 g/mol. The Bertz CT molecular complexity index is 598. The van der Waals surface area contributed by atoms with Crippen LogP contribution >= 0.6 is 0 Å². The summed E-state index contributed by atoms with van der Waals surface area (Å²) in [4.78, 5) is 20.2. The third-order valence-corrected chi connectivity index (χ3v) is 3.88. The van der Waals surface area contributed by atoms with Gasteiger partial charge in [-0.25, -0.2) is 4.79 Å². The summed E-state index contributed by atoms with van der Waals surface area (Å²) in [5, 5.41) is 7.95. The van der Waals surface area contributed by atoms with E-state index in [9.17, 15) is 4.79 Å². The molecule has 0 spiro atoms. The van der Waals surface area contributed by atoms with Crippen LogP contribution in [0, 0.1) is 0 Å². The molecule has 1 aromatic rings. The smallest absolute Gasteiger partial charge is 0.410 e. The summed E-state index contributed by atoms with van der Waals surface area (Å²) in [6, 6.07) is 0. The number of aliphatic imine (C=N–C) groups is 1. The number of nitrogens with zero attached hydrogens (tertiary/aromatic N) is 6. The number of hydrogen-bond acceptors (Lipinski definition) is 5. The van der Waals surface area contributed by atoms with Crippen LogP contribution in [0.25, 0.3) is 0 Å². The number of nitrogens with two attached hydrogens (primary N) is 1. The maximum absolute atomic E-state index is 12.1. The Morgan fingerprint density at radius 1 is 1.28 bits per heavy atom. The lowest BCUT2D eigenvalue weighted by Gasteiger charge is -2.36. The maximum Gasteiger partial charge on any atom is 0.410 e. The van der Waals surface area contributed by atoms with Crippen molar-refractivity contribution in [3.63, 3.8) is 0 Å². The van der Waals surface area contributed by atoms with E-state index in [1.807, 2.05) is 37.2 Å². The molecule has 0 saturated carbocycles. The minimum absolute atomic E-state index is 0.276. The first-order valence-corrected chi connectivity index (χ1v) is 8.69. The highest BCUT2D eigenvalue weighted by molar-refractivity contribution is 5.78. The lowest BCUT2D eigenvalue weighted by molar-refractivity contribution is 0.0186. The van der Waals surface area contributed by atoms with Gasteiger partial charge in [-0.3, -0.25) is 4.99 Å². The minimum atomic E-state index is -0.478. The molecule has 1 aliphatic rings. The molecule has 2 heterocycles. The molecule has 25 heavy (non-hydrogen) atoms. The molecule has 9 nitrogen and oxygen atoms in total. The van der Waals surface area contributed by atoms with Crippen molar-refractivity contribution in [2.45, 2.75) is 46.3 Å². The van der Waals surface area contributed by atoms with Crippen LogP contribution in [0.1, 0.15) is 33.5 Å². The molecule has 0 radical (unpaired) electrons. The highest BCUT2D eigenvalue weighted by atomic mass is 16.6. The molecule has 1 aromatic heterocycles. The minimum Gasteiger partial charge on any atom is -0.444 e. The van der Waals surface area contributed by atoms with Gasteiger partial charge in [0.1, 0.15) is 17.8 Å². The average Bonchev–Trinajstić information content (AvgIpc) is 3.01. The maximum atomic E-state index is 12.1. The molecule has 140 valence electrons. The molecule has 1 saturated heterocycles. The number of rotatable bonds is 4. The lowest BCUT2D eigenvalue weighted by Crippen LogP contribution is -2.53. The van der Waals surface area contributed by atoms with E-state index in [1.165, 1.54) is 0 Å². The van der Waals surface area contributed by atoms with Crippen LogP contribution in [0.15, 0.2) is 11.3 Å². The molecule has 1 fully saturated rings. The van der Waals surface area contributed by atoms with Crippen molar-refractivity contribution in [2.75, 3.05) is 32.7 Å². The van der Waals surface area contributed by atoms with Crippen molar-refractivity contribution in [1.29, 1.82) is 0 Å². The fourth-order valence-corrected chi connectivity index (χ4v) is 2.56. The third kappa shape index (κ3) is 5.61. The number of carbonyl (C=O) groups excluding carboxylic acids is 1. The Hall–Kier alpha value is -2.32. The molecule has 2 N–H and O–H groups in total. The van der Waals surface area contributed by atoms with E-state index in [0.29, 0.717) is 45.2 Å². The van der Waals surface area contributed by atoms with Gasteiger partial charge >= 0.3 is 6.09 Å². The summed E-state index contributed by atoms with van der Waals surface area (Å²) in [5.41, 5.74) is 5.60. The van der Waals surface area contributed by atoms with Crippen molar-refractivity contribution in [2.24, 2.45) is 10.7 Å². The van der Waals surface area contributed by atoms with Crippen molar-refractivity contribution in [3.05, 3.63) is 12.2 Å². The molecule has 1 amide bonds. The molecular weight excluding hydrogens is 322 g/mol. The second-order valence-electron chi connectivity index (χ2n) is 6.99. The molecule has 0 unspecified atom stereocenters. The Labute approximate surface area is 148 Å². The number of carbonyl (C=O) groups is 1. The van der Waals surface area contributed by atoms with Crippen LogP contribution in [0.4, 0.5) is 4.79 Å². The fraction of sp³-hybridized carbons (Fsp3) is 0.750. The number of guanidine groups is 1. The van der Waals surface area contributed by atoms with Gasteiger partial charge in [0, 0.05) is 39.1 Å². The van der Waals surface area contributed by atoms with Gasteiger partial charge < -0.3 is 24.8 Å². The van der Waals surface area contributed by atoms with E-state index in [1.54, 1.807) is 11.2 Å². The zero-order valence-electron chi connectivity index (χ0n) is 15.6. The van der Waals surface area contributed by atoms with Gasteiger partial charge in [0.15, 0.2) is 5.96 Å². The first kappa shape index (κ1) is 19.0. The fourth-order valence-electron chi connectivity index (χ4n) is 2.56. The van der Waals surface area contributed by atoms with Gasteiger partial charge in [-0.15, -0.1) is 10.2 Å². The Balaban J connectivity index is 1.78. The van der Waals surface area contributed by atoms with Gasteiger partial charge in [0.2, 0.25) is 0 Å². The number of amides is 1. The molecule has 0 aliphatic carbocycles. The number of aryl methyl sites for hydroxylation is 1. The molecular formula is C16H29N7O2. The van der Waals surface area contributed by atoms with Gasteiger partial charge in [-0.05, 0) is 20.8 Å². The topological polar surface area (TPSA) is 102 Å². The monoisotopic (exact) mass is 351 g/mol. The van der Waals surface area contributed by atoms with Crippen molar-refractivity contribution in [1.82, 2.24) is 24.6 Å². The normalized spacial score (nSPS) is 16.2. The predicted molar refractivity (Wildman–Crippen MR) is 95.3 cm³/mol. The number of hydrogen-bond donors (Lipinski definition) is 1. The van der Waals surface area contributed by atoms with Gasteiger partial charge in [0.05, 0.1) is 6.54 Å². The summed E-state index contributed by atoms with van der Waals surface area (Å²) in [7, 11) is 0. The van der Waals surface area contributed by atoms with Gasteiger partial charge in [-0.2, -0.15) is 0 Å². The van der Waals surface area contributed by atoms with E-state index < -0.39 is 5.60 Å². The molecule has 0 aromatic carbocycles. The van der Waals surface area contributed by atoms with E-state index in [2.05, 4.69) is 15.2 Å². The van der Waals surface area contributed by atoms with Crippen LogP contribution in [0.3, 0.4) is 0 Å². The predicted octanol–water partition coefficient (Wildman–Crippen LogP) is 0.708. The third-order valence-electron chi connectivity index (χ3n) is 3.88. The van der Waals surface area contributed by atoms with Crippen molar-refractivity contribution in [3.8, 4) is 0 Å². The van der Waals surface area contributed by atoms with Crippen molar-refractivity contribution >= 4 is 12.1 Å². The van der Waals surface area contributed by atoms with Crippen LogP contribution in [-0.2, 0) is 17.7 Å². The zero-order valence-corrected chi connectivity index (χ0v) is 15.6. The number of piperazine rings is 1. The SMILES string of the molecule is CCc1nncn1CCN=C(N)N1CCN(C(=O)OC(C)(C)C)CC1. The summed E-state index contributed by atoms with van der Waals surface area (Å²) in [5.74, 6) is 1.45.